The molecule has 2 rings (SSSR count). The molecule has 0 spiro atoms. The van der Waals surface area contributed by atoms with Gasteiger partial charge in [0.05, 0.1) is 4.90 Å². The second-order valence-electron chi connectivity index (χ2n) is 3.22. The largest absolute Gasteiger partial charge is 1.00 e. The Hall–Kier alpha value is 0.401. The standard InChI is InChI=1S/C8H5BF3O2S.K/c10-9(11,12)7-2-1-6-3-4-15(13,14)8(6)5-7;/h1-5H;/q-1;+1. The second kappa shape index (κ2) is 4.58. The molecule has 0 bridgehead atoms. The predicted octanol–water partition coefficient (Wildman–Crippen LogP) is -1.50. The number of halogens is 3. The molecule has 16 heavy (non-hydrogen) atoms. The van der Waals surface area contributed by atoms with E-state index in [2.05, 4.69) is 0 Å². The Bertz CT molecular complexity index is 551. The van der Waals surface area contributed by atoms with Gasteiger partial charge in [0, 0.05) is 5.41 Å². The van der Waals surface area contributed by atoms with Gasteiger partial charge in [-0.15, -0.1) is 5.46 Å². The first-order chi connectivity index (χ1) is 6.81. The minimum Gasteiger partial charge on any atom is -0.445 e. The van der Waals surface area contributed by atoms with Crippen molar-refractivity contribution in [3.8, 4) is 0 Å². The molecule has 80 valence electrons. The predicted molar refractivity (Wildman–Crippen MR) is 51.4 cm³/mol. The van der Waals surface area contributed by atoms with Crippen molar-refractivity contribution in [1.82, 2.24) is 0 Å². The minimum absolute atomic E-state index is 0. The van der Waals surface area contributed by atoms with Crippen LogP contribution in [0.4, 0.5) is 12.9 Å². The molecule has 0 fully saturated rings. The Morgan fingerprint density at radius 3 is 2.31 bits per heavy atom. The fourth-order valence-electron chi connectivity index (χ4n) is 1.37. The molecule has 1 aliphatic rings. The van der Waals surface area contributed by atoms with Crippen molar-refractivity contribution in [1.29, 1.82) is 0 Å². The third kappa shape index (κ3) is 2.62. The maximum absolute atomic E-state index is 12.4. The van der Waals surface area contributed by atoms with Crippen molar-refractivity contribution in [2.75, 3.05) is 0 Å². The molecule has 0 saturated carbocycles. The van der Waals surface area contributed by atoms with E-state index in [9.17, 15) is 21.4 Å². The SMILES string of the molecule is O=S1(=O)C=Cc2ccc([B-](F)(F)F)cc21.[K+]. The van der Waals surface area contributed by atoms with Gasteiger partial charge in [-0.25, -0.2) is 8.42 Å². The van der Waals surface area contributed by atoms with Crippen molar-refractivity contribution in [2.24, 2.45) is 0 Å². The summed E-state index contributed by atoms with van der Waals surface area (Å²) in [7, 11) is -3.66. The van der Waals surface area contributed by atoms with Gasteiger partial charge in [-0.2, -0.15) is 0 Å². The van der Waals surface area contributed by atoms with Gasteiger partial charge in [0.1, 0.15) is 0 Å². The summed E-state index contributed by atoms with van der Waals surface area (Å²) < 4.78 is 59.6. The van der Waals surface area contributed by atoms with E-state index >= 15 is 0 Å². The van der Waals surface area contributed by atoms with Gasteiger partial charge < -0.3 is 12.9 Å². The summed E-state index contributed by atoms with van der Waals surface area (Å²) in [5, 5.41) is 0.908. The molecule has 0 aromatic heterocycles. The first-order valence-electron chi connectivity index (χ1n) is 4.08. The van der Waals surface area contributed by atoms with E-state index in [-0.39, 0.29) is 56.3 Å². The topological polar surface area (TPSA) is 34.1 Å². The van der Waals surface area contributed by atoms with Gasteiger partial charge >= 0.3 is 58.4 Å². The van der Waals surface area contributed by atoms with Crippen molar-refractivity contribution in [2.45, 2.75) is 4.90 Å². The molecule has 0 amide bonds. The molecule has 1 heterocycles. The monoisotopic (exact) mass is 272 g/mol. The summed E-state index contributed by atoms with van der Waals surface area (Å²) in [5.74, 6) is 0. The van der Waals surface area contributed by atoms with Crippen LogP contribution in [0.1, 0.15) is 5.56 Å². The molecule has 0 atom stereocenters. The first-order valence-corrected chi connectivity index (χ1v) is 5.62. The van der Waals surface area contributed by atoms with Crippen LogP contribution in [-0.2, 0) is 9.84 Å². The molecule has 1 aliphatic heterocycles. The molecule has 0 saturated heterocycles. The van der Waals surface area contributed by atoms with Crippen molar-refractivity contribution in [3.63, 3.8) is 0 Å². The molecule has 2 nitrogen and oxygen atoms in total. The number of rotatable bonds is 1. The van der Waals surface area contributed by atoms with Gasteiger partial charge in [-0.3, -0.25) is 0 Å². The van der Waals surface area contributed by atoms with E-state index in [4.69, 9.17) is 0 Å². The number of fused-ring (bicyclic) bond motifs is 1. The van der Waals surface area contributed by atoms with Crippen LogP contribution in [0.25, 0.3) is 6.08 Å². The van der Waals surface area contributed by atoms with Crippen LogP contribution in [0, 0.1) is 0 Å². The molecule has 0 aliphatic carbocycles. The Balaban J connectivity index is 0.00000128. The average Bonchev–Trinajstić information content (AvgIpc) is 2.41. The van der Waals surface area contributed by atoms with Gasteiger partial charge in [-0.05, 0) is 11.6 Å². The molecule has 8 heteroatoms. The summed E-state index contributed by atoms with van der Waals surface area (Å²) in [4.78, 5) is -0.265. The first kappa shape index (κ1) is 14.5. The van der Waals surface area contributed by atoms with Gasteiger partial charge in [-0.1, -0.05) is 18.2 Å². The van der Waals surface area contributed by atoms with Crippen LogP contribution >= 0.6 is 0 Å². The number of sulfone groups is 1. The van der Waals surface area contributed by atoms with E-state index in [1.54, 1.807) is 0 Å². The summed E-state index contributed by atoms with van der Waals surface area (Å²) in [6, 6.07) is 2.75. The van der Waals surface area contributed by atoms with Gasteiger partial charge in [0.2, 0.25) is 0 Å². The summed E-state index contributed by atoms with van der Waals surface area (Å²) in [6.07, 6.45) is 1.29. The smallest absolute Gasteiger partial charge is 0.445 e. The quantitative estimate of drug-likeness (QED) is 0.583. The fourth-order valence-corrected chi connectivity index (χ4v) is 2.61. The van der Waals surface area contributed by atoms with E-state index in [1.165, 1.54) is 12.1 Å². The molecule has 0 N–H and O–H groups in total. The fraction of sp³-hybridized carbons (Fsp3) is 0. The van der Waals surface area contributed by atoms with Gasteiger partial charge in [0.15, 0.2) is 9.84 Å². The number of hydrogen-bond donors (Lipinski definition) is 0. The van der Waals surface area contributed by atoms with Crippen LogP contribution in [0.15, 0.2) is 28.5 Å². The molecule has 0 radical (unpaired) electrons. The zero-order valence-electron chi connectivity index (χ0n) is 8.32. The summed E-state index contributed by atoms with van der Waals surface area (Å²) in [5.41, 5.74) is -0.583. The van der Waals surface area contributed by atoms with E-state index in [1.807, 2.05) is 0 Å². The number of benzene rings is 1. The van der Waals surface area contributed by atoms with Crippen LogP contribution in [0.3, 0.4) is 0 Å². The van der Waals surface area contributed by atoms with Crippen molar-refractivity contribution < 1.29 is 72.7 Å². The Morgan fingerprint density at radius 1 is 1.12 bits per heavy atom. The van der Waals surface area contributed by atoms with E-state index in [0.29, 0.717) is 11.6 Å². The van der Waals surface area contributed by atoms with E-state index < -0.39 is 22.3 Å². The van der Waals surface area contributed by atoms with E-state index in [0.717, 1.165) is 11.5 Å². The Morgan fingerprint density at radius 2 is 1.75 bits per heavy atom. The van der Waals surface area contributed by atoms with Crippen molar-refractivity contribution in [3.05, 3.63) is 29.2 Å². The second-order valence-corrected chi connectivity index (χ2v) is 5.02. The van der Waals surface area contributed by atoms with Crippen LogP contribution in [0.2, 0.25) is 0 Å². The third-order valence-electron chi connectivity index (χ3n) is 2.15. The van der Waals surface area contributed by atoms with Gasteiger partial charge in [0.25, 0.3) is 0 Å². The number of hydrogen-bond acceptors (Lipinski definition) is 2. The van der Waals surface area contributed by atoms with Crippen LogP contribution in [0.5, 0.6) is 0 Å². The normalized spacial score (nSPS) is 16.7. The molecule has 1 aromatic carbocycles. The summed E-state index contributed by atoms with van der Waals surface area (Å²) in [6.45, 7) is -5.16. The maximum Gasteiger partial charge on any atom is 1.00 e. The third-order valence-corrected chi connectivity index (χ3v) is 3.61. The molecule has 1 aromatic rings. The zero-order chi connectivity index (χ0) is 11.3. The Kier molecular flexibility index (Phi) is 4.14. The Labute approximate surface area is 133 Å². The minimum atomic E-state index is -5.16. The molecular weight excluding hydrogens is 267 g/mol. The maximum atomic E-state index is 12.4. The molecule has 0 unspecified atom stereocenters. The van der Waals surface area contributed by atoms with Crippen LogP contribution in [-0.4, -0.2) is 15.4 Å². The van der Waals surface area contributed by atoms with Crippen molar-refractivity contribution >= 4 is 28.4 Å². The summed E-state index contributed by atoms with van der Waals surface area (Å²) >= 11 is 0. The average molecular weight is 272 g/mol. The molecular formula is C8H5BF3KO2S. The van der Waals surface area contributed by atoms with Crippen LogP contribution < -0.4 is 56.8 Å². The zero-order valence-corrected chi connectivity index (χ0v) is 12.3.